The smallest absolute Gasteiger partial charge is 0.137 e. The number of benzene rings is 1. The summed E-state index contributed by atoms with van der Waals surface area (Å²) in [6, 6.07) is 11.1. The van der Waals surface area contributed by atoms with E-state index < -0.39 is 0 Å². The van der Waals surface area contributed by atoms with Gasteiger partial charge in [0.2, 0.25) is 0 Å². The van der Waals surface area contributed by atoms with E-state index in [1.165, 1.54) is 17.8 Å². The lowest BCUT2D eigenvalue weighted by Crippen LogP contribution is -2.29. The van der Waals surface area contributed by atoms with Gasteiger partial charge in [-0.25, -0.2) is 8.91 Å². The van der Waals surface area contributed by atoms with E-state index in [4.69, 9.17) is 0 Å². The molecule has 4 aromatic rings. The SMILES string of the molecule is Cc1c(-c2cc(Sc3ccccc3F)c3c(C#N)cnn3c2)cnn1C[C@@H](C)N(C)C. The third kappa shape index (κ3) is 4.07. The van der Waals surface area contributed by atoms with Crippen molar-refractivity contribution >= 4 is 17.3 Å². The minimum Gasteiger partial charge on any atom is -0.305 e. The van der Waals surface area contributed by atoms with Gasteiger partial charge in [0, 0.05) is 38.9 Å². The maximum absolute atomic E-state index is 14.3. The fraction of sp³-hybridized carbons (Fsp3) is 0.261. The average molecular weight is 435 g/mol. The molecule has 6 nitrogen and oxygen atoms in total. The normalized spacial score (nSPS) is 12.4. The van der Waals surface area contributed by atoms with Gasteiger partial charge >= 0.3 is 0 Å². The second-order valence-electron chi connectivity index (χ2n) is 7.73. The highest BCUT2D eigenvalue weighted by atomic mass is 32.2. The minimum atomic E-state index is -0.296. The van der Waals surface area contributed by atoms with Crippen LogP contribution in [0, 0.1) is 24.1 Å². The predicted octanol–water partition coefficient (Wildman–Crippen LogP) is 4.62. The molecule has 0 aliphatic carbocycles. The van der Waals surface area contributed by atoms with Crippen LogP contribution in [0.1, 0.15) is 18.2 Å². The first-order valence-electron chi connectivity index (χ1n) is 9.92. The summed E-state index contributed by atoms with van der Waals surface area (Å²) >= 11 is 1.29. The molecule has 158 valence electrons. The van der Waals surface area contributed by atoms with E-state index in [1.807, 2.05) is 30.1 Å². The van der Waals surface area contributed by atoms with E-state index in [-0.39, 0.29) is 5.82 Å². The van der Waals surface area contributed by atoms with E-state index >= 15 is 0 Å². The van der Waals surface area contributed by atoms with Gasteiger partial charge in [-0.15, -0.1) is 0 Å². The molecule has 0 aliphatic heterocycles. The molecule has 4 rings (SSSR count). The lowest BCUT2D eigenvalue weighted by molar-refractivity contribution is 0.274. The van der Waals surface area contributed by atoms with Crippen LogP contribution in [-0.4, -0.2) is 44.4 Å². The third-order valence-electron chi connectivity index (χ3n) is 5.49. The predicted molar refractivity (Wildman–Crippen MR) is 120 cm³/mol. The first-order chi connectivity index (χ1) is 14.9. The molecule has 1 aromatic carbocycles. The van der Waals surface area contributed by atoms with Crippen LogP contribution in [0.25, 0.3) is 16.6 Å². The van der Waals surface area contributed by atoms with Crippen LogP contribution in [0.15, 0.2) is 58.7 Å². The van der Waals surface area contributed by atoms with Crippen molar-refractivity contribution in [3.8, 4) is 17.2 Å². The summed E-state index contributed by atoms with van der Waals surface area (Å²) in [7, 11) is 4.10. The van der Waals surface area contributed by atoms with Crippen molar-refractivity contribution in [2.45, 2.75) is 36.2 Å². The van der Waals surface area contributed by atoms with Crippen molar-refractivity contribution in [2.24, 2.45) is 0 Å². The van der Waals surface area contributed by atoms with E-state index in [1.54, 1.807) is 28.9 Å². The maximum atomic E-state index is 14.3. The van der Waals surface area contributed by atoms with Gasteiger partial charge in [-0.05, 0) is 46.1 Å². The zero-order chi connectivity index (χ0) is 22.1. The van der Waals surface area contributed by atoms with Crippen LogP contribution < -0.4 is 0 Å². The molecule has 0 bridgehead atoms. The molecule has 0 spiro atoms. The van der Waals surface area contributed by atoms with Gasteiger partial charge in [-0.2, -0.15) is 15.5 Å². The number of aromatic nitrogens is 4. The quantitative estimate of drug-likeness (QED) is 0.443. The number of pyridine rings is 1. The summed E-state index contributed by atoms with van der Waals surface area (Å²) in [4.78, 5) is 3.42. The summed E-state index contributed by atoms with van der Waals surface area (Å²) in [6.45, 7) is 4.98. The zero-order valence-electron chi connectivity index (χ0n) is 17.9. The van der Waals surface area contributed by atoms with Crippen molar-refractivity contribution in [3.63, 3.8) is 0 Å². The second-order valence-corrected chi connectivity index (χ2v) is 8.81. The number of likely N-dealkylation sites (N-methyl/N-ethyl adjacent to an activating group) is 1. The van der Waals surface area contributed by atoms with E-state index in [0.717, 1.165) is 28.3 Å². The lowest BCUT2D eigenvalue weighted by atomic mass is 10.1. The first kappa shape index (κ1) is 21.1. The summed E-state index contributed by atoms with van der Waals surface area (Å²) in [5.74, 6) is -0.296. The lowest BCUT2D eigenvalue weighted by Gasteiger charge is -2.20. The Balaban J connectivity index is 1.81. The van der Waals surface area contributed by atoms with Crippen LogP contribution in [0.2, 0.25) is 0 Å². The molecule has 0 aliphatic rings. The summed E-state index contributed by atoms with van der Waals surface area (Å²) in [5, 5.41) is 18.5. The van der Waals surface area contributed by atoms with Gasteiger partial charge in [-0.1, -0.05) is 23.9 Å². The van der Waals surface area contributed by atoms with Crippen LogP contribution in [-0.2, 0) is 6.54 Å². The second kappa shape index (κ2) is 8.53. The van der Waals surface area contributed by atoms with Gasteiger partial charge in [0.15, 0.2) is 0 Å². The fourth-order valence-corrected chi connectivity index (χ4v) is 4.40. The van der Waals surface area contributed by atoms with Crippen molar-refractivity contribution in [1.82, 2.24) is 24.3 Å². The molecular weight excluding hydrogens is 411 g/mol. The van der Waals surface area contributed by atoms with Gasteiger partial charge in [0.1, 0.15) is 11.9 Å². The molecule has 3 heterocycles. The Morgan fingerprint density at radius 3 is 2.68 bits per heavy atom. The van der Waals surface area contributed by atoms with Crippen LogP contribution in [0.4, 0.5) is 4.39 Å². The summed E-state index contributed by atoms with van der Waals surface area (Å²) in [6.07, 6.45) is 5.29. The number of nitriles is 1. The van der Waals surface area contributed by atoms with Gasteiger partial charge in [-0.3, -0.25) is 4.68 Å². The third-order valence-corrected chi connectivity index (χ3v) is 6.57. The van der Waals surface area contributed by atoms with Crippen molar-refractivity contribution in [2.75, 3.05) is 14.1 Å². The molecule has 1 atom stereocenters. The fourth-order valence-electron chi connectivity index (χ4n) is 3.36. The standard InChI is InChI=1S/C23H23FN6S/c1-15(28(3)4)13-29-16(2)19(12-27-29)17-9-22(31-21-8-6-5-7-20(21)24)23-18(10-25)11-26-30(23)14-17/h5-9,11-12,14-15H,13H2,1-4H3/t15-/m1/s1. The molecule has 8 heteroatoms. The number of fused-ring (bicyclic) bond motifs is 1. The van der Waals surface area contributed by atoms with Crippen LogP contribution in [0.5, 0.6) is 0 Å². The molecule has 3 aromatic heterocycles. The van der Waals surface area contributed by atoms with E-state index in [9.17, 15) is 9.65 Å². The van der Waals surface area contributed by atoms with Crippen molar-refractivity contribution in [1.29, 1.82) is 5.26 Å². The van der Waals surface area contributed by atoms with E-state index in [0.29, 0.717) is 22.0 Å². The maximum Gasteiger partial charge on any atom is 0.137 e. The topological polar surface area (TPSA) is 62.2 Å². The number of nitrogens with zero attached hydrogens (tertiary/aromatic N) is 6. The molecule has 0 saturated carbocycles. The zero-order valence-corrected chi connectivity index (χ0v) is 18.7. The minimum absolute atomic E-state index is 0.296. The van der Waals surface area contributed by atoms with Crippen molar-refractivity contribution < 1.29 is 4.39 Å². The Morgan fingerprint density at radius 2 is 1.97 bits per heavy atom. The first-order valence-corrected chi connectivity index (χ1v) is 10.7. The highest BCUT2D eigenvalue weighted by molar-refractivity contribution is 7.99. The van der Waals surface area contributed by atoms with Crippen LogP contribution in [0.3, 0.4) is 0 Å². The Kier molecular flexibility index (Phi) is 5.81. The van der Waals surface area contributed by atoms with E-state index in [2.05, 4.69) is 42.2 Å². The Morgan fingerprint density at radius 1 is 1.19 bits per heavy atom. The number of rotatable bonds is 6. The van der Waals surface area contributed by atoms with Gasteiger partial charge < -0.3 is 4.90 Å². The Bertz CT molecular complexity index is 1280. The van der Waals surface area contributed by atoms with Gasteiger partial charge in [0.25, 0.3) is 0 Å². The summed E-state index contributed by atoms with van der Waals surface area (Å²) < 4.78 is 18.0. The molecule has 31 heavy (non-hydrogen) atoms. The molecule has 0 N–H and O–H groups in total. The Labute approximate surface area is 184 Å². The molecule has 0 amide bonds. The number of hydrogen-bond acceptors (Lipinski definition) is 5. The monoisotopic (exact) mass is 434 g/mol. The van der Waals surface area contributed by atoms with Crippen molar-refractivity contribution in [3.05, 3.63) is 66.0 Å². The Hall–Kier alpha value is -3.15. The molecule has 0 radical (unpaired) electrons. The highest BCUT2D eigenvalue weighted by Gasteiger charge is 2.18. The number of hydrogen-bond donors (Lipinski definition) is 0. The molecular formula is C23H23FN6S. The largest absolute Gasteiger partial charge is 0.305 e. The molecule has 0 fully saturated rings. The summed E-state index contributed by atoms with van der Waals surface area (Å²) in [5.41, 5.74) is 4.07. The molecule has 0 saturated heterocycles. The number of halogens is 1. The van der Waals surface area contributed by atoms with Crippen LogP contribution >= 0.6 is 11.8 Å². The highest BCUT2D eigenvalue weighted by Crippen LogP contribution is 2.37. The molecule has 0 unspecified atom stereocenters. The van der Waals surface area contributed by atoms with Gasteiger partial charge in [0.05, 0.1) is 30.0 Å². The average Bonchev–Trinajstić information content (AvgIpc) is 3.33.